The molecule has 1 aromatic carbocycles. The second kappa shape index (κ2) is 2.97. The molecule has 2 heteroatoms. The molecule has 1 saturated heterocycles. The summed E-state index contributed by atoms with van der Waals surface area (Å²) in [5.41, 5.74) is 1.26. The fourth-order valence-corrected chi connectivity index (χ4v) is 1.23. The first-order valence-electron chi connectivity index (χ1n) is 4.11. The minimum absolute atomic E-state index is 0.0501. The van der Waals surface area contributed by atoms with Crippen molar-refractivity contribution in [1.29, 1.82) is 0 Å². The summed E-state index contributed by atoms with van der Waals surface area (Å²) in [4.78, 5) is 10.5. The average Bonchev–Trinajstić information content (AvgIpc) is 2.81. The van der Waals surface area contributed by atoms with Crippen LogP contribution in [0.2, 0.25) is 0 Å². The van der Waals surface area contributed by atoms with Crippen LogP contribution in [0.3, 0.4) is 0 Å². The van der Waals surface area contributed by atoms with E-state index in [-0.39, 0.29) is 12.1 Å². The number of rotatable bonds is 3. The maximum atomic E-state index is 10.5. The predicted molar refractivity (Wildman–Crippen MR) is 44.6 cm³/mol. The summed E-state index contributed by atoms with van der Waals surface area (Å²) < 4.78 is 4.70. The van der Waals surface area contributed by atoms with Crippen LogP contribution in [0.1, 0.15) is 12.0 Å². The second-order valence-corrected chi connectivity index (χ2v) is 2.95. The number of hydrogen-bond donors (Lipinski definition) is 0. The van der Waals surface area contributed by atoms with Crippen LogP contribution >= 0.6 is 0 Å². The van der Waals surface area contributed by atoms with E-state index in [1.54, 1.807) is 0 Å². The third kappa shape index (κ3) is 1.64. The zero-order chi connectivity index (χ0) is 8.39. The van der Waals surface area contributed by atoms with Gasteiger partial charge in [0.15, 0.2) is 6.10 Å². The van der Waals surface area contributed by atoms with E-state index in [2.05, 4.69) is 12.1 Å². The Labute approximate surface area is 71.2 Å². The highest BCUT2D eigenvalue weighted by atomic mass is 16.6. The molecule has 1 aliphatic rings. The van der Waals surface area contributed by atoms with Crippen LogP contribution in [-0.2, 0) is 16.0 Å². The lowest BCUT2D eigenvalue weighted by Gasteiger charge is -1.95. The van der Waals surface area contributed by atoms with Crippen LogP contribution in [-0.4, -0.2) is 12.1 Å². The third-order valence-corrected chi connectivity index (χ3v) is 2.00. The molecule has 1 aromatic rings. The fourth-order valence-electron chi connectivity index (χ4n) is 1.23. The lowest BCUT2D eigenvalue weighted by Crippen LogP contribution is -1.91. The molecule has 0 aromatic heterocycles. The molecule has 0 spiro atoms. The average molecular weight is 162 g/mol. The van der Waals surface area contributed by atoms with Crippen molar-refractivity contribution in [2.24, 2.45) is 0 Å². The van der Waals surface area contributed by atoms with Gasteiger partial charge in [-0.2, -0.15) is 0 Å². The highest BCUT2D eigenvalue weighted by molar-refractivity contribution is 5.87. The molecule has 2 nitrogen and oxygen atoms in total. The minimum atomic E-state index is -0.106. The smallest absolute Gasteiger partial charge is 0.348 e. The van der Waals surface area contributed by atoms with Crippen LogP contribution < -0.4 is 0 Å². The lowest BCUT2D eigenvalue weighted by molar-refractivity contribution is -0.117. The van der Waals surface area contributed by atoms with Gasteiger partial charge in [0.1, 0.15) is 0 Å². The van der Waals surface area contributed by atoms with Gasteiger partial charge in [-0.25, -0.2) is 4.79 Å². The van der Waals surface area contributed by atoms with E-state index >= 15 is 0 Å². The largest absolute Gasteiger partial charge is 0.448 e. The summed E-state index contributed by atoms with van der Waals surface area (Å²) in [6.45, 7) is 0. The fraction of sp³-hybridized carbons (Fsp3) is 0.300. The maximum absolute atomic E-state index is 10.5. The van der Waals surface area contributed by atoms with Crippen molar-refractivity contribution in [3.63, 3.8) is 0 Å². The first kappa shape index (κ1) is 7.35. The van der Waals surface area contributed by atoms with E-state index < -0.39 is 0 Å². The summed E-state index contributed by atoms with van der Waals surface area (Å²) >= 11 is 0. The Hall–Kier alpha value is -1.31. The van der Waals surface area contributed by atoms with Gasteiger partial charge in [-0.05, 0) is 18.4 Å². The molecule has 1 atom stereocenters. The first-order chi connectivity index (χ1) is 5.86. The number of benzene rings is 1. The Kier molecular flexibility index (Phi) is 1.82. The number of ether oxygens (including phenoxy) is 1. The SMILES string of the molecule is O=C1O[C@H]1CCc1ccccc1. The maximum Gasteiger partial charge on any atom is 0.348 e. The molecule has 1 fully saturated rings. The Bertz CT molecular complexity index is 279. The summed E-state index contributed by atoms with van der Waals surface area (Å²) in [6, 6.07) is 10.1. The summed E-state index contributed by atoms with van der Waals surface area (Å²) in [6.07, 6.45) is 1.64. The zero-order valence-corrected chi connectivity index (χ0v) is 6.69. The number of hydrogen-bond acceptors (Lipinski definition) is 2. The Morgan fingerprint density at radius 1 is 1.25 bits per heavy atom. The number of cyclic esters (lactones) is 1. The van der Waals surface area contributed by atoms with Gasteiger partial charge in [0, 0.05) is 0 Å². The van der Waals surface area contributed by atoms with Crippen LogP contribution in [0.4, 0.5) is 0 Å². The predicted octanol–water partition coefficient (Wildman–Crippen LogP) is 1.54. The van der Waals surface area contributed by atoms with Gasteiger partial charge in [0.05, 0.1) is 0 Å². The lowest BCUT2D eigenvalue weighted by atomic mass is 10.1. The minimum Gasteiger partial charge on any atom is -0.448 e. The Morgan fingerprint density at radius 2 is 1.92 bits per heavy atom. The molecule has 0 saturated carbocycles. The number of epoxide rings is 1. The number of carbonyl (C=O) groups is 1. The normalized spacial score (nSPS) is 20.3. The van der Waals surface area contributed by atoms with Gasteiger partial charge in [0.2, 0.25) is 0 Å². The Morgan fingerprint density at radius 3 is 2.50 bits per heavy atom. The van der Waals surface area contributed by atoms with Crippen molar-refractivity contribution in [3.8, 4) is 0 Å². The van der Waals surface area contributed by atoms with Crippen LogP contribution in [0.25, 0.3) is 0 Å². The highest BCUT2D eigenvalue weighted by Crippen LogP contribution is 2.18. The molecule has 0 amide bonds. The topological polar surface area (TPSA) is 29.6 Å². The van der Waals surface area contributed by atoms with Crippen molar-refractivity contribution in [3.05, 3.63) is 35.9 Å². The molecule has 1 aliphatic heterocycles. The third-order valence-electron chi connectivity index (χ3n) is 2.00. The van der Waals surface area contributed by atoms with Gasteiger partial charge in [0.25, 0.3) is 0 Å². The van der Waals surface area contributed by atoms with Crippen molar-refractivity contribution in [2.75, 3.05) is 0 Å². The van der Waals surface area contributed by atoms with Gasteiger partial charge < -0.3 is 4.74 Å². The van der Waals surface area contributed by atoms with Crippen LogP contribution in [0, 0.1) is 0 Å². The van der Waals surface area contributed by atoms with Crippen LogP contribution in [0.5, 0.6) is 0 Å². The molecule has 62 valence electrons. The number of carbonyl (C=O) groups excluding carboxylic acids is 1. The van der Waals surface area contributed by atoms with E-state index in [9.17, 15) is 4.79 Å². The summed E-state index contributed by atoms with van der Waals surface area (Å²) in [7, 11) is 0. The summed E-state index contributed by atoms with van der Waals surface area (Å²) in [5.74, 6) is -0.0501. The molecule has 0 bridgehead atoms. The van der Waals surface area contributed by atoms with Crippen molar-refractivity contribution < 1.29 is 9.53 Å². The van der Waals surface area contributed by atoms with Gasteiger partial charge in [-0.1, -0.05) is 30.3 Å². The molecular formula is C10H10O2. The zero-order valence-electron chi connectivity index (χ0n) is 6.69. The van der Waals surface area contributed by atoms with Gasteiger partial charge in [-0.3, -0.25) is 0 Å². The van der Waals surface area contributed by atoms with Crippen molar-refractivity contribution in [2.45, 2.75) is 18.9 Å². The molecule has 0 unspecified atom stereocenters. The first-order valence-corrected chi connectivity index (χ1v) is 4.11. The molecule has 1 heterocycles. The molecule has 0 N–H and O–H groups in total. The number of aryl methyl sites for hydroxylation is 1. The van der Waals surface area contributed by atoms with Crippen molar-refractivity contribution >= 4 is 5.97 Å². The van der Waals surface area contributed by atoms with Crippen LogP contribution in [0.15, 0.2) is 30.3 Å². The van der Waals surface area contributed by atoms with E-state index in [1.165, 1.54) is 5.56 Å². The summed E-state index contributed by atoms with van der Waals surface area (Å²) in [5, 5.41) is 0. The molecule has 0 aliphatic carbocycles. The van der Waals surface area contributed by atoms with Crippen molar-refractivity contribution in [1.82, 2.24) is 0 Å². The van der Waals surface area contributed by atoms with E-state index in [0.29, 0.717) is 0 Å². The molecular weight excluding hydrogens is 152 g/mol. The monoisotopic (exact) mass is 162 g/mol. The van der Waals surface area contributed by atoms with E-state index in [4.69, 9.17) is 4.74 Å². The van der Waals surface area contributed by atoms with Gasteiger partial charge in [-0.15, -0.1) is 0 Å². The van der Waals surface area contributed by atoms with E-state index in [0.717, 1.165) is 12.8 Å². The standard InChI is InChI=1S/C10H10O2/c11-10-9(12-10)7-6-8-4-2-1-3-5-8/h1-5,9H,6-7H2/t9-/m0/s1. The molecule has 12 heavy (non-hydrogen) atoms. The molecule has 0 radical (unpaired) electrons. The van der Waals surface area contributed by atoms with Gasteiger partial charge >= 0.3 is 5.97 Å². The quantitative estimate of drug-likeness (QED) is 0.631. The molecule has 2 rings (SSSR count). The highest BCUT2D eigenvalue weighted by Gasteiger charge is 2.36. The van der Waals surface area contributed by atoms with E-state index in [1.807, 2.05) is 18.2 Å². The second-order valence-electron chi connectivity index (χ2n) is 2.95. The Balaban J connectivity index is 1.84.